The highest BCUT2D eigenvalue weighted by molar-refractivity contribution is 6.39. The topological polar surface area (TPSA) is 134 Å². The molecule has 3 rings (SSSR count). The van der Waals surface area contributed by atoms with E-state index in [9.17, 15) is 13.6 Å². The van der Waals surface area contributed by atoms with Crippen LogP contribution in [0.2, 0.25) is 0 Å². The number of nitrogens with zero attached hydrogens (tertiary/aromatic N) is 3. The molecular formula is C29H32ClF2N7O. The highest BCUT2D eigenvalue weighted by Crippen LogP contribution is 2.40. The summed E-state index contributed by atoms with van der Waals surface area (Å²) in [5, 5.41) is 10.8. The molecule has 0 saturated heterocycles. The van der Waals surface area contributed by atoms with Gasteiger partial charge in [0.25, 0.3) is 5.91 Å². The second-order valence-corrected chi connectivity index (χ2v) is 9.64. The number of hydrogen-bond donors (Lipinski definition) is 4. The monoisotopic (exact) mass is 567 g/mol. The average molecular weight is 568 g/mol. The second-order valence-electron chi connectivity index (χ2n) is 9.26. The van der Waals surface area contributed by atoms with Gasteiger partial charge in [-0.15, -0.1) is 0 Å². The highest BCUT2D eigenvalue weighted by Gasteiger charge is 2.28. The zero-order chi connectivity index (χ0) is 29.7. The van der Waals surface area contributed by atoms with Crippen LogP contribution in [0.25, 0.3) is 5.57 Å². The van der Waals surface area contributed by atoms with Crippen LogP contribution in [0.15, 0.2) is 58.9 Å². The number of halogens is 3. The van der Waals surface area contributed by atoms with E-state index in [0.717, 1.165) is 29.5 Å². The molecule has 0 bridgehead atoms. The molecule has 2 heterocycles. The van der Waals surface area contributed by atoms with Crippen LogP contribution < -0.4 is 16.8 Å². The van der Waals surface area contributed by atoms with E-state index in [1.165, 1.54) is 6.20 Å². The van der Waals surface area contributed by atoms with Gasteiger partial charge in [0.05, 0.1) is 11.1 Å². The Morgan fingerprint density at radius 2 is 1.93 bits per heavy atom. The standard InChI is InChI=1S/C29H32ClF2N7O/c1-6-15(2)24(23-16(3)9-11-21(34)19(23)14-33)25(30)26(27(35)40)39(5)17(4)18-8-7-13-36-28(18)38-29-20(31)10-12-22(32)37-29/h7-14,17,33H,6,34H2,1-5H3,(H2,35,40)(H,36,37,38)/b24-15+,26-25+,33-14?. The smallest absolute Gasteiger partial charge is 0.266 e. The van der Waals surface area contributed by atoms with E-state index in [4.69, 9.17) is 28.5 Å². The fourth-order valence-corrected chi connectivity index (χ4v) is 4.84. The summed E-state index contributed by atoms with van der Waals surface area (Å²) in [5.74, 6) is -2.53. The Bertz CT molecular complexity index is 1520. The van der Waals surface area contributed by atoms with Crippen molar-refractivity contribution in [2.45, 2.75) is 40.2 Å². The Morgan fingerprint density at radius 1 is 1.23 bits per heavy atom. The number of aryl methyl sites for hydroxylation is 1. The van der Waals surface area contributed by atoms with Crippen LogP contribution in [0.5, 0.6) is 0 Å². The maximum atomic E-state index is 14.3. The molecule has 1 amide bonds. The maximum absolute atomic E-state index is 14.3. The number of amides is 1. The summed E-state index contributed by atoms with van der Waals surface area (Å²) in [4.78, 5) is 22.4. The number of anilines is 3. The van der Waals surface area contributed by atoms with Crippen molar-refractivity contribution in [3.8, 4) is 0 Å². The molecule has 2 aromatic heterocycles. The quantitative estimate of drug-likeness (QED) is 0.0757. The Balaban J connectivity index is 2.19. The number of pyridine rings is 2. The molecule has 3 aromatic rings. The normalized spacial score (nSPS) is 13.2. The number of nitrogens with one attached hydrogen (secondary N) is 2. The molecule has 0 aliphatic rings. The number of carbonyl (C=O) groups is 1. The average Bonchev–Trinajstić information content (AvgIpc) is 2.92. The van der Waals surface area contributed by atoms with Gasteiger partial charge in [0.2, 0.25) is 5.95 Å². The third-order valence-electron chi connectivity index (χ3n) is 6.77. The van der Waals surface area contributed by atoms with Crippen molar-refractivity contribution in [2.24, 2.45) is 5.73 Å². The molecule has 0 saturated carbocycles. The van der Waals surface area contributed by atoms with Crippen molar-refractivity contribution in [3.63, 3.8) is 0 Å². The Hall–Kier alpha value is -4.31. The van der Waals surface area contributed by atoms with Crippen LogP contribution in [0.1, 0.15) is 55.5 Å². The molecule has 11 heteroatoms. The molecule has 210 valence electrons. The minimum absolute atomic E-state index is 0.0135. The highest BCUT2D eigenvalue weighted by atomic mass is 35.5. The number of likely N-dealkylation sites (N-methyl/N-ethyl adjacent to an activating group) is 1. The Kier molecular flexibility index (Phi) is 9.60. The van der Waals surface area contributed by atoms with E-state index in [-0.39, 0.29) is 22.4 Å². The van der Waals surface area contributed by atoms with Gasteiger partial charge in [-0.05, 0) is 62.6 Å². The largest absolute Gasteiger partial charge is 0.398 e. The SMILES string of the molecule is CC/C(C)=C(/C(Cl)=C(/C(N)=O)N(C)C(C)c1cccnc1Nc1nc(F)ccc1F)c1c(C)ccc(N)c1C=N. The molecule has 0 radical (unpaired) electrons. The number of benzene rings is 1. The van der Waals surface area contributed by atoms with Crippen molar-refractivity contribution in [1.82, 2.24) is 14.9 Å². The number of nitrogen functional groups attached to an aromatic ring is 1. The first-order chi connectivity index (χ1) is 18.9. The molecule has 0 aliphatic carbocycles. The van der Waals surface area contributed by atoms with Gasteiger partial charge in [-0.3, -0.25) is 4.79 Å². The zero-order valence-corrected chi connectivity index (χ0v) is 23.7. The van der Waals surface area contributed by atoms with Gasteiger partial charge in [-0.1, -0.05) is 36.2 Å². The van der Waals surface area contributed by atoms with E-state index in [2.05, 4.69) is 15.3 Å². The predicted octanol–water partition coefficient (Wildman–Crippen LogP) is 6.20. The van der Waals surface area contributed by atoms with Crippen LogP contribution in [-0.4, -0.2) is 34.0 Å². The summed E-state index contributed by atoms with van der Waals surface area (Å²) in [7, 11) is 1.65. The number of hydrogen-bond acceptors (Lipinski definition) is 7. The van der Waals surface area contributed by atoms with Gasteiger partial charge in [-0.25, -0.2) is 9.37 Å². The number of aromatic nitrogens is 2. The minimum atomic E-state index is -0.857. The van der Waals surface area contributed by atoms with Gasteiger partial charge in [-0.2, -0.15) is 9.37 Å². The summed E-state index contributed by atoms with van der Waals surface area (Å²) < 4.78 is 28.0. The second kappa shape index (κ2) is 12.7. The molecule has 1 atom stereocenters. The maximum Gasteiger partial charge on any atom is 0.266 e. The first-order valence-corrected chi connectivity index (χ1v) is 12.9. The number of allylic oxidation sites excluding steroid dienone is 3. The summed E-state index contributed by atoms with van der Waals surface area (Å²) in [5.41, 5.74) is 16.4. The molecule has 8 nitrogen and oxygen atoms in total. The lowest BCUT2D eigenvalue weighted by Gasteiger charge is -2.31. The molecule has 0 spiro atoms. The van der Waals surface area contributed by atoms with Crippen molar-refractivity contribution < 1.29 is 13.6 Å². The van der Waals surface area contributed by atoms with Crippen LogP contribution in [0.4, 0.5) is 26.1 Å². The molecular weight excluding hydrogens is 536 g/mol. The zero-order valence-electron chi connectivity index (χ0n) is 22.9. The van der Waals surface area contributed by atoms with Crippen molar-refractivity contribution in [1.29, 1.82) is 5.41 Å². The van der Waals surface area contributed by atoms with Gasteiger partial charge in [0.1, 0.15) is 11.5 Å². The lowest BCUT2D eigenvalue weighted by atomic mass is 9.89. The number of primary amides is 1. The third kappa shape index (κ3) is 6.12. The van der Waals surface area contributed by atoms with Crippen LogP contribution >= 0.6 is 11.6 Å². The van der Waals surface area contributed by atoms with Crippen LogP contribution in [0, 0.1) is 24.1 Å². The number of carbonyl (C=O) groups excluding carboxylic acids is 1. The van der Waals surface area contributed by atoms with E-state index in [1.807, 2.05) is 26.8 Å². The van der Waals surface area contributed by atoms with Crippen molar-refractivity contribution >= 4 is 46.6 Å². The summed E-state index contributed by atoms with van der Waals surface area (Å²) >= 11 is 7.03. The van der Waals surface area contributed by atoms with Gasteiger partial charge in [0.15, 0.2) is 11.6 Å². The molecule has 6 N–H and O–H groups in total. The molecule has 40 heavy (non-hydrogen) atoms. The van der Waals surface area contributed by atoms with E-state index < -0.39 is 23.7 Å². The predicted molar refractivity (Wildman–Crippen MR) is 156 cm³/mol. The molecule has 1 unspecified atom stereocenters. The van der Waals surface area contributed by atoms with Gasteiger partial charge < -0.3 is 27.1 Å². The van der Waals surface area contributed by atoms with E-state index in [0.29, 0.717) is 34.4 Å². The fourth-order valence-electron chi connectivity index (χ4n) is 4.35. The number of nitrogens with two attached hydrogens (primary N) is 2. The minimum Gasteiger partial charge on any atom is -0.398 e. The first kappa shape index (κ1) is 30.2. The summed E-state index contributed by atoms with van der Waals surface area (Å²) in [6.07, 6.45) is 3.25. The molecule has 0 aliphatic heterocycles. The Morgan fingerprint density at radius 3 is 2.55 bits per heavy atom. The fraction of sp³-hybridized carbons (Fsp3) is 0.241. The van der Waals surface area contributed by atoms with Gasteiger partial charge >= 0.3 is 0 Å². The first-order valence-electron chi connectivity index (χ1n) is 12.5. The van der Waals surface area contributed by atoms with Crippen LogP contribution in [0.3, 0.4) is 0 Å². The number of rotatable bonds is 10. The summed E-state index contributed by atoms with van der Waals surface area (Å²) in [6.45, 7) is 7.50. The van der Waals surface area contributed by atoms with Gasteiger partial charge in [0, 0.05) is 41.8 Å². The molecule has 1 aromatic carbocycles. The Labute approximate surface area is 237 Å². The van der Waals surface area contributed by atoms with E-state index >= 15 is 0 Å². The van der Waals surface area contributed by atoms with E-state index in [1.54, 1.807) is 37.1 Å². The van der Waals surface area contributed by atoms with Crippen LogP contribution in [-0.2, 0) is 4.79 Å². The van der Waals surface area contributed by atoms with Crippen molar-refractivity contribution in [3.05, 3.63) is 92.9 Å². The molecule has 0 fully saturated rings. The lowest BCUT2D eigenvalue weighted by molar-refractivity contribution is -0.116. The summed E-state index contributed by atoms with van der Waals surface area (Å²) in [6, 6.07) is 8.24. The van der Waals surface area contributed by atoms with Crippen molar-refractivity contribution in [2.75, 3.05) is 18.1 Å². The third-order valence-corrected chi connectivity index (χ3v) is 7.14. The lowest BCUT2D eigenvalue weighted by Crippen LogP contribution is -2.32.